The average molecular weight is 484 g/mol. The van der Waals surface area contributed by atoms with E-state index in [0.717, 1.165) is 25.7 Å². The summed E-state index contributed by atoms with van der Waals surface area (Å²) < 4.78 is 125. The van der Waals surface area contributed by atoms with Gasteiger partial charge in [-0.1, -0.05) is 39.2 Å². The highest BCUT2D eigenvalue weighted by molar-refractivity contribution is 8.45. The molecular formula is C20H25F9OS. The Kier molecular flexibility index (Phi) is 5.81. The van der Waals surface area contributed by atoms with Crippen LogP contribution in [0.25, 0.3) is 0 Å². The molecule has 0 radical (unpaired) electrons. The van der Waals surface area contributed by atoms with Crippen molar-refractivity contribution in [1.82, 2.24) is 0 Å². The zero-order valence-electron chi connectivity index (χ0n) is 16.8. The minimum atomic E-state index is -10.5. The molecule has 1 nitrogen and oxygen atoms in total. The van der Waals surface area contributed by atoms with E-state index in [0.29, 0.717) is 30.6 Å². The van der Waals surface area contributed by atoms with Crippen LogP contribution < -0.4 is 4.74 Å². The lowest BCUT2D eigenvalue weighted by Gasteiger charge is -2.40. The van der Waals surface area contributed by atoms with Crippen molar-refractivity contribution < 1.29 is 41.7 Å². The van der Waals surface area contributed by atoms with E-state index in [9.17, 15) is 37.0 Å². The van der Waals surface area contributed by atoms with Crippen LogP contribution in [-0.4, -0.2) is 6.11 Å². The van der Waals surface area contributed by atoms with E-state index >= 15 is 0 Å². The molecule has 3 rings (SSSR count). The molecule has 1 aromatic carbocycles. The van der Waals surface area contributed by atoms with Gasteiger partial charge in [-0.25, -0.2) is 4.39 Å². The maximum absolute atomic E-state index is 14.5. The number of alkyl halides is 2. The summed E-state index contributed by atoms with van der Waals surface area (Å²) in [6, 6.07) is -0.499. The van der Waals surface area contributed by atoms with Crippen molar-refractivity contribution in [3.63, 3.8) is 0 Å². The molecule has 0 bridgehead atoms. The van der Waals surface area contributed by atoms with Gasteiger partial charge in [0.25, 0.3) is 0 Å². The molecule has 11 heteroatoms. The number of ether oxygens (including phenoxy) is 1. The normalized spacial score (nSPS) is 30.4. The minimum Gasteiger partial charge on any atom is -0.429 e. The van der Waals surface area contributed by atoms with Gasteiger partial charge >= 0.3 is 16.3 Å². The summed E-state index contributed by atoms with van der Waals surface area (Å²) >= 11 is 0. The molecule has 0 heterocycles. The van der Waals surface area contributed by atoms with Crippen molar-refractivity contribution in [2.45, 2.75) is 69.3 Å². The van der Waals surface area contributed by atoms with Crippen LogP contribution >= 0.6 is 10.2 Å². The molecule has 0 aromatic heterocycles. The number of benzene rings is 1. The lowest BCUT2D eigenvalue weighted by molar-refractivity contribution is -0.225. The molecular weight excluding hydrogens is 459 g/mol. The third kappa shape index (κ3) is 5.57. The number of rotatable bonds is 5. The van der Waals surface area contributed by atoms with Gasteiger partial charge in [0.15, 0.2) is 11.6 Å². The van der Waals surface area contributed by atoms with Gasteiger partial charge in [0.2, 0.25) is 5.82 Å². The lowest BCUT2D eigenvalue weighted by atomic mass is 9.69. The Morgan fingerprint density at radius 1 is 0.774 bits per heavy atom. The third-order valence-electron chi connectivity index (χ3n) is 6.65. The lowest BCUT2D eigenvalue weighted by Crippen LogP contribution is -2.38. The summed E-state index contributed by atoms with van der Waals surface area (Å²) in [6.07, 6.45) is 1.49. The summed E-state index contributed by atoms with van der Waals surface area (Å²) in [5.74, 6) is -6.91. The summed E-state index contributed by atoms with van der Waals surface area (Å²) in [6.45, 7) is 2.18. The second-order valence-corrected chi connectivity index (χ2v) is 11.3. The Morgan fingerprint density at radius 3 is 1.74 bits per heavy atom. The quantitative estimate of drug-likeness (QED) is 0.379. The van der Waals surface area contributed by atoms with Gasteiger partial charge in [-0.2, -0.15) is 13.2 Å². The predicted molar refractivity (Wildman–Crippen MR) is 99.9 cm³/mol. The van der Waals surface area contributed by atoms with Gasteiger partial charge in [0.05, 0.1) is 5.92 Å². The summed E-state index contributed by atoms with van der Waals surface area (Å²) in [5, 5.41) is 0. The van der Waals surface area contributed by atoms with Crippen molar-refractivity contribution >= 4 is 10.2 Å². The van der Waals surface area contributed by atoms with Gasteiger partial charge in [0, 0.05) is 0 Å². The Balaban J connectivity index is 1.68. The fourth-order valence-corrected chi connectivity index (χ4v) is 5.56. The highest BCUT2D eigenvalue weighted by atomic mass is 32.5. The zero-order valence-corrected chi connectivity index (χ0v) is 17.7. The highest BCUT2D eigenvalue weighted by Gasteiger charge is 2.67. The number of hydrogen-bond donors (Lipinski definition) is 0. The standard InChI is InChI=1S/C20H25F9OS/c1-12-2-4-13(5-3-12)14-6-8-15(9-7-14)20(23,24)30-16-10-11-17(19(22)18(16)21)31(25,26,27,28)29/h10-15H,2-9H2,1H3. The molecule has 180 valence electrons. The number of halogens is 9. The smallest absolute Gasteiger partial charge is 0.400 e. The second kappa shape index (κ2) is 7.38. The van der Waals surface area contributed by atoms with Crippen LogP contribution in [0.4, 0.5) is 37.0 Å². The molecule has 0 amide bonds. The van der Waals surface area contributed by atoms with E-state index < -0.39 is 50.6 Å². The molecule has 2 aliphatic carbocycles. The van der Waals surface area contributed by atoms with Crippen LogP contribution in [0, 0.1) is 35.3 Å². The topological polar surface area (TPSA) is 9.23 Å². The SMILES string of the molecule is CC1CCC(C2CCC(C(F)(F)Oc3ccc(S(F)(F)(F)(F)F)c(F)c3F)CC2)CC1. The van der Waals surface area contributed by atoms with Crippen molar-refractivity contribution in [3.8, 4) is 5.75 Å². The van der Waals surface area contributed by atoms with Crippen LogP contribution in [0.3, 0.4) is 0 Å². The van der Waals surface area contributed by atoms with Crippen LogP contribution in [0.15, 0.2) is 17.0 Å². The molecule has 0 spiro atoms. The van der Waals surface area contributed by atoms with Gasteiger partial charge in [-0.15, -0.1) is 0 Å². The first-order valence-corrected chi connectivity index (χ1v) is 12.2. The van der Waals surface area contributed by atoms with Gasteiger partial charge < -0.3 is 4.74 Å². The fourth-order valence-electron chi connectivity index (χ4n) is 4.80. The van der Waals surface area contributed by atoms with E-state index in [1.807, 2.05) is 0 Å². The highest BCUT2D eigenvalue weighted by Crippen LogP contribution is 3.02. The molecule has 2 saturated carbocycles. The molecule has 0 unspecified atom stereocenters. The van der Waals surface area contributed by atoms with Crippen LogP contribution in [0.1, 0.15) is 58.3 Å². The fraction of sp³-hybridized carbons (Fsp3) is 0.700. The molecule has 0 aliphatic heterocycles. The predicted octanol–water partition coefficient (Wildman–Crippen LogP) is 9.23. The molecule has 0 N–H and O–H groups in total. The monoisotopic (exact) mass is 484 g/mol. The Morgan fingerprint density at radius 2 is 1.26 bits per heavy atom. The first-order chi connectivity index (χ1) is 14.0. The largest absolute Gasteiger partial charge is 0.429 e. The molecule has 31 heavy (non-hydrogen) atoms. The molecule has 0 atom stereocenters. The van der Waals surface area contributed by atoms with Gasteiger partial charge in [-0.3, -0.25) is 0 Å². The third-order valence-corrected chi connectivity index (χ3v) is 7.79. The maximum Gasteiger partial charge on any atom is 0.400 e. The second-order valence-electron chi connectivity index (χ2n) is 8.95. The van der Waals surface area contributed by atoms with Crippen LogP contribution in [0.5, 0.6) is 5.75 Å². The molecule has 2 fully saturated rings. The maximum atomic E-state index is 14.5. The van der Waals surface area contributed by atoms with Gasteiger partial charge in [0.1, 0.15) is 4.90 Å². The first-order valence-electron chi connectivity index (χ1n) is 10.3. The molecule has 0 saturated heterocycles. The summed E-state index contributed by atoms with van der Waals surface area (Å²) in [7, 11) is -10.5. The minimum absolute atomic E-state index is 0.0334. The summed E-state index contributed by atoms with van der Waals surface area (Å²) in [5.41, 5.74) is 0. The van der Waals surface area contributed by atoms with E-state index in [1.165, 1.54) is 0 Å². The first kappa shape index (κ1) is 24.4. The van der Waals surface area contributed by atoms with E-state index in [4.69, 9.17) is 0 Å². The van der Waals surface area contributed by atoms with E-state index in [-0.39, 0.29) is 18.9 Å². The van der Waals surface area contributed by atoms with Crippen molar-refractivity contribution in [1.29, 1.82) is 0 Å². The Bertz CT molecular complexity index is 808. The van der Waals surface area contributed by atoms with E-state index in [1.54, 1.807) is 0 Å². The van der Waals surface area contributed by atoms with Gasteiger partial charge in [-0.05, 0) is 68.4 Å². The zero-order chi connectivity index (χ0) is 23.3. The molecule has 2 aliphatic rings. The Labute approximate surface area is 175 Å². The van der Waals surface area contributed by atoms with E-state index in [2.05, 4.69) is 11.7 Å². The number of hydrogen-bond acceptors (Lipinski definition) is 1. The van der Waals surface area contributed by atoms with Crippen molar-refractivity contribution in [3.05, 3.63) is 23.8 Å². The average Bonchev–Trinajstić information content (AvgIpc) is 2.64. The Hall–Kier alpha value is -1.26. The van der Waals surface area contributed by atoms with Crippen LogP contribution in [0.2, 0.25) is 0 Å². The van der Waals surface area contributed by atoms with Crippen LogP contribution in [-0.2, 0) is 0 Å². The van der Waals surface area contributed by atoms with Crippen molar-refractivity contribution in [2.75, 3.05) is 0 Å². The molecule has 1 aromatic rings. The summed E-state index contributed by atoms with van der Waals surface area (Å²) in [4.78, 5) is -3.10. The van der Waals surface area contributed by atoms with Crippen molar-refractivity contribution in [2.24, 2.45) is 23.7 Å².